The van der Waals surface area contributed by atoms with E-state index in [0.29, 0.717) is 36.6 Å². The highest BCUT2D eigenvalue weighted by Gasteiger charge is 2.43. The lowest BCUT2D eigenvalue weighted by atomic mass is 9.89. The molecule has 336 valence electrons. The summed E-state index contributed by atoms with van der Waals surface area (Å²) in [6.45, 7) is 16.5. The zero-order chi connectivity index (χ0) is 44.8. The number of likely N-dealkylation sites (N-methyl/N-ethyl adjacent to an activating group) is 2. The van der Waals surface area contributed by atoms with Crippen molar-refractivity contribution in [3.05, 3.63) is 52.0 Å². The SMILES string of the molecule is CCNC(=O)c1csc([C@H](Cc2ccccc2)NC(=O)[C@H](C)[C@@H](OC)[C@@H]2CCCN2C(=O)C[C@@H](OC)[C@H]([C@@H](C)CC)N(C)C(=O)[C@@H](NC(=O)[C@H](C(C)C)N(C)C)C(C)C)n1. The van der Waals surface area contributed by atoms with Gasteiger partial charge in [0.2, 0.25) is 23.6 Å². The molecule has 2 heterocycles. The molecule has 1 fully saturated rings. The fraction of sp³-hybridized carbons (Fsp3) is 0.689. The maximum absolute atomic E-state index is 14.4. The van der Waals surface area contributed by atoms with Crippen molar-refractivity contribution in [3.63, 3.8) is 0 Å². The van der Waals surface area contributed by atoms with E-state index in [2.05, 4.69) is 20.9 Å². The van der Waals surface area contributed by atoms with Crippen molar-refractivity contribution in [2.75, 3.05) is 48.5 Å². The van der Waals surface area contributed by atoms with Crippen LogP contribution in [0.2, 0.25) is 0 Å². The van der Waals surface area contributed by atoms with Gasteiger partial charge in [-0.3, -0.25) is 28.9 Å². The van der Waals surface area contributed by atoms with Crippen molar-refractivity contribution in [3.8, 4) is 0 Å². The van der Waals surface area contributed by atoms with Gasteiger partial charge in [0.15, 0.2) is 0 Å². The lowest BCUT2D eigenvalue weighted by Crippen LogP contribution is -2.59. The van der Waals surface area contributed by atoms with Crippen LogP contribution in [0.25, 0.3) is 0 Å². The van der Waals surface area contributed by atoms with Crippen molar-refractivity contribution in [1.29, 1.82) is 0 Å². The third-order valence-corrected chi connectivity index (χ3v) is 12.9. The molecule has 0 bridgehead atoms. The summed E-state index contributed by atoms with van der Waals surface area (Å²) < 4.78 is 12.1. The third kappa shape index (κ3) is 13.0. The molecule has 1 aromatic carbocycles. The van der Waals surface area contributed by atoms with Crippen molar-refractivity contribution < 1.29 is 33.4 Å². The molecule has 2 aromatic rings. The Morgan fingerprint density at radius 1 is 0.917 bits per heavy atom. The highest BCUT2D eigenvalue weighted by Crippen LogP contribution is 2.31. The number of methoxy groups -OCH3 is 2. The first kappa shape index (κ1) is 50.4. The normalized spacial score (nSPS) is 18.3. The van der Waals surface area contributed by atoms with Gasteiger partial charge < -0.3 is 35.2 Å². The number of thiazole rings is 1. The number of nitrogens with zero attached hydrogens (tertiary/aromatic N) is 4. The van der Waals surface area contributed by atoms with E-state index in [0.717, 1.165) is 18.4 Å². The summed E-state index contributed by atoms with van der Waals surface area (Å²) in [7, 11) is 8.59. The fourth-order valence-corrected chi connectivity index (χ4v) is 9.42. The van der Waals surface area contributed by atoms with Gasteiger partial charge >= 0.3 is 0 Å². The van der Waals surface area contributed by atoms with Crippen LogP contribution in [0.5, 0.6) is 0 Å². The van der Waals surface area contributed by atoms with Crippen LogP contribution in [0.1, 0.15) is 108 Å². The molecule has 0 unspecified atom stereocenters. The van der Waals surface area contributed by atoms with E-state index in [1.54, 1.807) is 31.5 Å². The molecule has 0 radical (unpaired) electrons. The fourth-order valence-electron chi connectivity index (χ4n) is 8.57. The van der Waals surface area contributed by atoms with Crippen LogP contribution in [0.4, 0.5) is 0 Å². The summed E-state index contributed by atoms with van der Waals surface area (Å²) >= 11 is 1.33. The van der Waals surface area contributed by atoms with Gasteiger partial charge in [0.05, 0.1) is 48.7 Å². The summed E-state index contributed by atoms with van der Waals surface area (Å²) in [6, 6.07) is 7.29. The van der Waals surface area contributed by atoms with Crippen molar-refractivity contribution in [1.82, 2.24) is 35.6 Å². The minimum Gasteiger partial charge on any atom is -0.379 e. The number of aromatic nitrogens is 1. The van der Waals surface area contributed by atoms with E-state index >= 15 is 0 Å². The average molecular weight is 856 g/mol. The first-order chi connectivity index (χ1) is 28.4. The molecule has 15 heteroatoms. The summed E-state index contributed by atoms with van der Waals surface area (Å²) in [5.41, 5.74) is 1.31. The van der Waals surface area contributed by atoms with Crippen molar-refractivity contribution >= 4 is 40.9 Å². The molecule has 60 heavy (non-hydrogen) atoms. The van der Waals surface area contributed by atoms with Crippen LogP contribution in [-0.4, -0.2) is 134 Å². The van der Waals surface area contributed by atoms with Crippen LogP contribution in [0.3, 0.4) is 0 Å². The molecule has 3 rings (SSSR count). The van der Waals surface area contributed by atoms with E-state index in [9.17, 15) is 24.0 Å². The monoisotopic (exact) mass is 856 g/mol. The maximum atomic E-state index is 14.4. The highest BCUT2D eigenvalue weighted by atomic mass is 32.1. The second-order valence-corrected chi connectivity index (χ2v) is 18.0. The van der Waals surface area contributed by atoms with Gasteiger partial charge in [-0.1, -0.05) is 85.2 Å². The van der Waals surface area contributed by atoms with Gasteiger partial charge in [-0.05, 0) is 63.6 Å². The predicted molar refractivity (Wildman–Crippen MR) is 236 cm³/mol. The molecule has 0 spiro atoms. The molecule has 1 saturated heterocycles. The summed E-state index contributed by atoms with van der Waals surface area (Å²) in [4.78, 5) is 78.9. The first-order valence-corrected chi connectivity index (χ1v) is 22.5. The Labute approximate surface area is 362 Å². The van der Waals surface area contributed by atoms with E-state index in [-0.39, 0.29) is 59.8 Å². The van der Waals surface area contributed by atoms with E-state index < -0.39 is 42.3 Å². The first-order valence-electron chi connectivity index (χ1n) is 21.6. The molecular formula is C45H73N7O7S. The van der Waals surface area contributed by atoms with Crippen LogP contribution >= 0.6 is 11.3 Å². The van der Waals surface area contributed by atoms with Crippen LogP contribution in [0, 0.1) is 23.7 Å². The predicted octanol–water partition coefficient (Wildman–Crippen LogP) is 4.94. The van der Waals surface area contributed by atoms with Crippen LogP contribution in [-0.2, 0) is 35.1 Å². The summed E-state index contributed by atoms with van der Waals surface area (Å²) in [5, 5.41) is 11.4. The van der Waals surface area contributed by atoms with Gasteiger partial charge in [0.1, 0.15) is 16.7 Å². The second kappa shape index (κ2) is 23.9. The second-order valence-electron chi connectivity index (χ2n) is 17.2. The Balaban J connectivity index is 1.83. The van der Waals surface area contributed by atoms with E-state index in [4.69, 9.17) is 9.47 Å². The number of carbonyl (C=O) groups is 5. The largest absolute Gasteiger partial charge is 0.379 e. The minimum atomic E-state index is -0.771. The number of carbonyl (C=O) groups excluding carboxylic acids is 5. The molecule has 1 aliphatic heterocycles. The molecule has 9 atom stereocenters. The zero-order valence-electron chi connectivity index (χ0n) is 38.3. The Morgan fingerprint density at radius 2 is 1.58 bits per heavy atom. The standard InChI is InChI=1S/C45H73N7O7S/c1-14-29(7)39(51(11)45(57)37(27(3)4)49-43(56)38(28(5)6)50(9)10)35(58-12)25-36(53)52-23-19-22-34(52)40(59-13)30(8)41(54)47-32(24-31-20-17-16-18-21-31)44-48-33(26-60-44)42(55)46-15-2/h16-18,20-21,26-30,32,34-35,37-40H,14-15,19,22-25H2,1-13H3,(H,46,55)(H,47,54)(H,49,56)/t29-,30+,32-,34-,35+,37-,38-,39-,40+/m0/s1. The van der Waals surface area contributed by atoms with Gasteiger partial charge in [0, 0.05) is 39.7 Å². The number of hydrogen-bond donors (Lipinski definition) is 3. The molecule has 14 nitrogen and oxygen atoms in total. The van der Waals surface area contributed by atoms with Gasteiger partial charge in [-0.2, -0.15) is 0 Å². The van der Waals surface area contributed by atoms with Gasteiger partial charge in [-0.25, -0.2) is 4.98 Å². The molecule has 1 aromatic heterocycles. The maximum Gasteiger partial charge on any atom is 0.270 e. The lowest BCUT2D eigenvalue weighted by Gasteiger charge is -2.41. The lowest BCUT2D eigenvalue weighted by molar-refractivity contribution is -0.148. The number of likely N-dealkylation sites (tertiary alicyclic amines) is 1. The Morgan fingerprint density at radius 3 is 2.13 bits per heavy atom. The average Bonchev–Trinajstić information content (AvgIpc) is 3.91. The molecule has 3 N–H and O–H groups in total. The van der Waals surface area contributed by atoms with Crippen LogP contribution < -0.4 is 16.0 Å². The number of hydrogen-bond acceptors (Lipinski definition) is 10. The van der Waals surface area contributed by atoms with Crippen molar-refractivity contribution in [2.45, 2.75) is 130 Å². The zero-order valence-corrected chi connectivity index (χ0v) is 39.1. The topological polar surface area (TPSA) is 163 Å². The smallest absolute Gasteiger partial charge is 0.270 e. The minimum absolute atomic E-state index is 0.0164. The molecule has 5 amide bonds. The highest BCUT2D eigenvalue weighted by molar-refractivity contribution is 7.09. The molecule has 0 saturated carbocycles. The van der Waals surface area contributed by atoms with Crippen molar-refractivity contribution in [2.24, 2.45) is 23.7 Å². The third-order valence-electron chi connectivity index (χ3n) is 11.9. The summed E-state index contributed by atoms with van der Waals surface area (Å²) in [5.74, 6) is -1.92. The Bertz CT molecular complexity index is 1680. The number of ether oxygens (including phenoxy) is 2. The number of nitrogens with one attached hydrogen (secondary N) is 3. The molecular weight excluding hydrogens is 783 g/mol. The number of amides is 5. The summed E-state index contributed by atoms with van der Waals surface area (Å²) in [6.07, 6.45) is 1.37. The Hall–Kier alpha value is -3.92. The van der Waals surface area contributed by atoms with E-state index in [1.807, 2.05) is 110 Å². The molecule has 1 aliphatic rings. The molecule has 0 aliphatic carbocycles. The van der Waals surface area contributed by atoms with Crippen LogP contribution in [0.15, 0.2) is 35.7 Å². The number of rotatable bonds is 23. The Kier molecular flexibility index (Phi) is 20.1. The van der Waals surface area contributed by atoms with E-state index in [1.165, 1.54) is 11.3 Å². The van der Waals surface area contributed by atoms with Gasteiger partial charge in [-0.15, -0.1) is 11.3 Å². The van der Waals surface area contributed by atoms with Gasteiger partial charge in [0.25, 0.3) is 5.91 Å². The number of benzene rings is 1. The quantitative estimate of drug-likeness (QED) is 0.141.